The van der Waals surface area contributed by atoms with Gasteiger partial charge in [-0.3, -0.25) is 0 Å². The summed E-state index contributed by atoms with van der Waals surface area (Å²) in [5.74, 6) is 0.799. The molecule has 1 aromatic rings. The lowest BCUT2D eigenvalue weighted by Crippen LogP contribution is -2.32. The summed E-state index contributed by atoms with van der Waals surface area (Å²) in [6.45, 7) is 3.53. The standard InChI is InChI=1S/C10H15NS/c1-8-3-2-5-11-10(8)9-4-6-12-7-9/h4,6-8,10-11H,2-3,5H2,1H3. The Morgan fingerprint density at radius 3 is 3.17 bits per heavy atom. The molecule has 0 aliphatic carbocycles. The van der Waals surface area contributed by atoms with Crippen molar-refractivity contribution in [1.82, 2.24) is 5.32 Å². The molecule has 1 aromatic heterocycles. The summed E-state index contributed by atoms with van der Waals surface area (Å²) < 4.78 is 0. The number of piperidine rings is 1. The van der Waals surface area contributed by atoms with Crippen molar-refractivity contribution in [2.45, 2.75) is 25.8 Å². The van der Waals surface area contributed by atoms with Gasteiger partial charge in [0.15, 0.2) is 0 Å². The van der Waals surface area contributed by atoms with Crippen molar-refractivity contribution in [3.63, 3.8) is 0 Å². The minimum Gasteiger partial charge on any atom is -0.310 e. The van der Waals surface area contributed by atoms with Crippen LogP contribution in [0.4, 0.5) is 0 Å². The molecule has 1 N–H and O–H groups in total. The van der Waals surface area contributed by atoms with Crippen molar-refractivity contribution in [2.24, 2.45) is 5.92 Å². The summed E-state index contributed by atoms with van der Waals surface area (Å²) in [5.41, 5.74) is 1.48. The smallest absolute Gasteiger partial charge is 0.0354 e. The highest BCUT2D eigenvalue weighted by atomic mass is 32.1. The summed E-state index contributed by atoms with van der Waals surface area (Å²) in [5, 5.41) is 8.01. The molecule has 0 amide bonds. The van der Waals surface area contributed by atoms with Crippen molar-refractivity contribution in [3.8, 4) is 0 Å². The fourth-order valence-corrected chi connectivity index (χ4v) is 2.64. The molecule has 0 bridgehead atoms. The van der Waals surface area contributed by atoms with Gasteiger partial charge in [0, 0.05) is 6.04 Å². The molecule has 1 nitrogen and oxygen atoms in total. The molecule has 2 atom stereocenters. The van der Waals surface area contributed by atoms with Gasteiger partial charge in [0.25, 0.3) is 0 Å². The zero-order valence-corrected chi connectivity index (χ0v) is 8.23. The van der Waals surface area contributed by atoms with E-state index in [9.17, 15) is 0 Å². The summed E-state index contributed by atoms with van der Waals surface area (Å²) in [6, 6.07) is 2.86. The Labute approximate surface area is 77.8 Å². The Morgan fingerprint density at radius 2 is 2.50 bits per heavy atom. The molecule has 1 aliphatic heterocycles. The zero-order valence-electron chi connectivity index (χ0n) is 7.42. The van der Waals surface area contributed by atoms with Crippen molar-refractivity contribution in [2.75, 3.05) is 6.54 Å². The first-order valence-electron chi connectivity index (χ1n) is 4.63. The van der Waals surface area contributed by atoms with E-state index in [1.165, 1.54) is 24.9 Å². The number of nitrogens with one attached hydrogen (secondary N) is 1. The van der Waals surface area contributed by atoms with Gasteiger partial charge in [-0.1, -0.05) is 6.92 Å². The van der Waals surface area contributed by atoms with Gasteiger partial charge in [-0.15, -0.1) is 0 Å². The van der Waals surface area contributed by atoms with Gasteiger partial charge in [0.1, 0.15) is 0 Å². The maximum Gasteiger partial charge on any atom is 0.0354 e. The van der Waals surface area contributed by atoms with E-state index in [-0.39, 0.29) is 0 Å². The van der Waals surface area contributed by atoms with Gasteiger partial charge < -0.3 is 5.32 Å². The zero-order chi connectivity index (χ0) is 8.39. The Morgan fingerprint density at radius 1 is 1.58 bits per heavy atom. The lowest BCUT2D eigenvalue weighted by atomic mass is 9.89. The van der Waals surface area contributed by atoms with E-state index < -0.39 is 0 Å². The lowest BCUT2D eigenvalue weighted by molar-refractivity contribution is 0.306. The first-order chi connectivity index (χ1) is 5.88. The highest BCUT2D eigenvalue weighted by molar-refractivity contribution is 7.07. The van der Waals surface area contributed by atoms with E-state index in [1.54, 1.807) is 11.3 Å². The van der Waals surface area contributed by atoms with Gasteiger partial charge in [0.05, 0.1) is 0 Å². The molecule has 2 unspecified atom stereocenters. The van der Waals surface area contributed by atoms with Gasteiger partial charge in [-0.25, -0.2) is 0 Å². The minimum absolute atomic E-state index is 0.616. The van der Waals surface area contributed by atoms with E-state index in [0.29, 0.717) is 6.04 Å². The highest BCUT2D eigenvalue weighted by Gasteiger charge is 2.21. The first kappa shape index (κ1) is 8.27. The number of thiophene rings is 1. The molecule has 2 heteroatoms. The third-order valence-corrected chi connectivity index (χ3v) is 3.37. The summed E-state index contributed by atoms with van der Waals surface area (Å²) in [7, 11) is 0. The molecule has 0 aromatic carbocycles. The quantitative estimate of drug-likeness (QED) is 0.702. The molecule has 66 valence electrons. The summed E-state index contributed by atoms with van der Waals surface area (Å²) >= 11 is 1.80. The molecular formula is C10H15NS. The molecule has 12 heavy (non-hydrogen) atoms. The predicted molar refractivity (Wildman–Crippen MR) is 53.5 cm³/mol. The van der Waals surface area contributed by atoms with Gasteiger partial charge in [-0.05, 0) is 47.7 Å². The molecule has 2 heterocycles. The summed E-state index contributed by atoms with van der Waals surface area (Å²) in [4.78, 5) is 0. The lowest BCUT2D eigenvalue weighted by Gasteiger charge is -2.29. The fraction of sp³-hybridized carbons (Fsp3) is 0.600. The third kappa shape index (κ3) is 1.54. The van der Waals surface area contributed by atoms with Crippen LogP contribution in [0.2, 0.25) is 0 Å². The Hall–Kier alpha value is -0.340. The molecule has 1 aliphatic rings. The van der Waals surface area contributed by atoms with Crippen LogP contribution in [0.5, 0.6) is 0 Å². The van der Waals surface area contributed by atoms with Crippen LogP contribution in [0.3, 0.4) is 0 Å². The van der Waals surface area contributed by atoms with Crippen molar-refractivity contribution < 1.29 is 0 Å². The molecule has 1 saturated heterocycles. The monoisotopic (exact) mass is 181 g/mol. The molecular weight excluding hydrogens is 166 g/mol. The average Bonchev–Trinajstić information content (AvgIpc) is 2.57. The molecule has 0 spiro atoms. The minimum atomic E-state index is 0.616. The molecule has 0 saturated carbocycles. The van der Waals surface area contributed by atoms with Crippen molar-refractivity contribution in [3.05, 3.63) is 22.4 Å². The van der Waals surface area contributed by atoms with Crippen LogP contribution in [0.15, 0.2) is 16.8 Å². The molecule has 1 fully saturated rings. The topological polar surface area (TPSA) is 12.0 Å². The van der Waals surface area contributed by atoms with Crippen molar-refractivity contribution >= 4 is 11.3 Å². The third-order valence-electron chi connectivity index (χ3n) is 2.67. The van der Waals surface area contributed by atoms with Crippen LogP contribution in [0.25, 0.3) is 0 Å². The Kier molecular flexibility index (Phi) is 2.47. The Bertz CT molecular complexity index is 230. The van der Waals surface area contributed by atoms with Crippen LogP contribution in [-0.2, 0) is 0 Å². The van der Waals surface area contributed by atoms with Gasteiger partial charge in [-0.2, -0.15) is 11.3 Å². The second-order valence-electron chi connectivity index (χ2n) is 3.61. The normalized spacial score (nSPS) is 30.4. The largest absolute Gasteiger partial charge is 0.310 e. The van der Waals surface area contributed by atoms with Crippen LogP contribution < -0.4 is 5.32 Å². The van der Waals surface area contributed by atoms with Crippen LogP contribution in [0.1, 0.15) is 31.4 Å². The maximum absolute atomic E-state index is 3.58. The number of hydrogen-bond donors (Lipinski definition) is 1. The molecule has 2 rings (SSSR count). The number of hydrogen-bond acceptors (Lipinski definition) is 2. The van der Waals surface area contributed by atoms with E-state index >= 15 is 0 Å². The van der Waals surface area contributed by atoms with Crippen molar-refractivity contribution in [1.29, 1.82) is 0 Å². The SMILES string of the molecule is CC1CCCNC1c1ccsc1. The van der Waals surface area contributed by atoms with Crippen LogP contribution in [0, 0.1) is 5.92 Å². The highest BCUT2D eigenvalue weighted by Crippen LogP contribution is 2.29. The predicted octanol–water partition coefficient (Wildman–Crippen LogP) is 2.81. The first-order valence-corrected chi connectivity index (χ1v) is 5.57. The molecule has 0 radical (unpaired) electrons. The van der Waals surface area contributed by atoms with E-state index in [1.807, 2.05) is 0 Å². The Balaban J connectivity index is 2.11. The second kappa shape index (κ2) is 3.58. The second-order valence-corrected chi connectivity index (χ2v) is 4.39. The van der Waals surface area contributed by atoms with E-state index in [4.69, 9.17) is 0 Å². The van der Waals surface area contributed by atoms with Gasteiger partial charge >= 0.3 is 0 Å². The number of rotatable bonds is 1. The van der Waals surface area contributed by atoms with E-state index in [0.717, 1.165) is 5.92 Å². The van der Waals surface area contributed by atoms with E-state index in [2.05, 4.69) is 29.1 Å². The van der Waals surface area contributed by atoms with Crippen LogP contribution in [-0.4, -0.2) is 6.54 Å². The fourth-order valence-electron chi connectivity index (χ4n) is 1.95. The average molecular weight is 181 g/mol. The maximum atomic E-state index is 3.58. The summed E-state index contributed by atoms with van der Waals surface area (Å²) in [6.07, 6.45) is 2.70. The van der Waals surface area contributed by atoms with Crippen LogP contribution >= 0.6 is 11.3 Å². The van der Waals surface area contributed by atoms with Gasteiger partial charge in [0.2, 0.25) is 0 Å².